The fourth-order valence-electron chi connectivity index (χ4n) is 8.89. The van der Waals surface area contributed by atoms with Gasteiger partial charge in [-0.2, -0.15) is 0 Å². The van der Waals surface area contributed by atoms with Crippen molar-refractivity contribution in [1.82, 2.24) is 0 Å². The first-order valence-electron chi connectivity index (χ1n) is 14.1. The van der Waals surface area contributed by atoms with Crippen LogP contribution in [0.15, 0.2) is 69.6 Å². The Morgan fingerprint density at radius 2 is 1.11 bits per heavy atom. The topological polar surface area (TPSA) is 0 Å². The molecule has 0 amide bonds. The Kier molecular flexibility index (Phi) is 5.93. The second-order valence-corrected chi connectivity index (χ2v) is 14.2. The molecular formula is C33H36Br2. The summed E-state index contributed by atoms with van der Waals surface area (Å²) in [6, 6.07) is 14.1. The third-order valence-electron chi connectivity index (χ3n) is 10.5. The van der Waals surface area contributed by atoms with Crippen molar-refractivity contribution in [2.45, 2.75) is 69.6 Å². The number of halogens is 2. The number of hydrogen-bond acceptors (Lipinski definition) is 0. The molecule has 0 spiro atoms. The van der Waals surface area contributed by atoms with E-state index in [0.717, 1.165) is 35.5 Å². The molecular weight excluding hydrogens is 556 g/mol. The van der Waals surface area contributed by atoms with Gasteiger partial charge in [0.15, 0.2) is 0 Å². The molecule has 0 saturated heterocycles. The van der Waals surface area contributed by atoms with Crippen LogP contribution in [0.25, 0.3) is 11.1 Å². The molecule has 2 saturated carbocycles. The third kappa shape index (κ3) is 3.97. The van der Waals surface area contributed by atoms with Crippen LogP contribution in [0.3, 0.4) is 0 Å². The van der Waals surface area contributed by atoms with E-state index in [1.54, 1.807) is 11.1 Å². The lowest BCUT2D eigenvalue weighted by atomic mass is 9.69. The van der Waals surface area contributed by atoms with Crippen molar-refractivity contribution in [1.29, 1.82) is 0 Å². The van der Waals surface area contributed by atoms with Crippen LogP contribution in [0.5, 0.6) is 0 Å². The van der Waals surface area contributed by atoms with Gasteiger partial charge >= 0.3 is 0 Å². The van der Waals surface area contributed by atoms with E-state index in [0.29, 0.717) is 0 Å². The highest BCUT2D eigenvalue weighted by molar-refractivity contribution is 9.10. The third-order valence-corrected chi connectivity index (χ3v) is 11.5. The summed E-state index contributed by atoms with van der Waals surface area (Å²) in [5.74, 6) is 5.35. The van der Waals surface area contributed by atoms with Crippen molar-refractivity contribution in [2.24, 2.45) is 35.5 Å². The highest BCUT2D eigenvalue weighted by Crippen LogP contribution is 2.56. The first kappa shape index (κ1) is 23.0. The van der Waals surface area contributed by atoms with Gasteiger partial charge in [0.2, 0.25) is 0 Å². The van der Waals surface area contributed by atoms with Crippen molar-refractivity contribution in [3.05, 3.63) is 80.8 Å². The number of allylic oxidation sites excluding steroid dienone is 4. The lowest BCUT2D eigenvalue weighted by molar-refractivity contribution is 0.332. The molecule has 0 heterocycles. The monoisotopic (exact) mass is 590 g/mol. The van der Waals surface area contributed by atoms with Gasteiger partial charge in [-0.25, -0.2) is 0 Å². The molecule has 182 valence electrons. The molecule has 0 radical (unpaired) electrons. The van der Waals surface area contributed by atoms with Crippen molar-refractivity contribution < 1.29 is 0 Å². The Labute approximate surface area is 227 Å². The highest BCUT2D eigenvalue weighted by atomic mass is 79.9. The molecule has 7 rings (SSSR count). The van der Waals surface area contributed by atoms with Crippen molar-refractivity contribution in [3.63, 3.8) is 0 Å². The van der Waals surface area contributed by atoms with Crippen LogP contribution in [0.2, 0.25) is 0 Å². The van der Waals surface area contributed by atoms with E-state index in [1.807, 2.05) is 0 Å². The molecule has 2 fully saturated rings. The summed E-state index contributed by atoms with van der Waals surface area (Å²) in [4.78, 5) is 0. The van der Waals surface area contributed by atoms with Crippen LogP contribution in [0.4, 0.5) is 0 Å². The van der Waals surface area contributed by atoms with E-state index in [2.05, 4.69) is 92.6 Å². The summed E-state index contributed by atoms with van der Waals surface area (Å²) >= 11 is 7.68. The average molecular weight is 592 g/mol. The molecule has 0 aliphatic heterocycles. The van der Waals surface area contributed by atoms with Crippen molar-refractivity contribution in [2.75, 3.05) is 0 Å². The molecule has 5 unspecified atom stereocenters. The van der Waals surface area contributed by atoms with Crippen molar-refractivity contribution >= 4 is 31.9 Å². The van der Waals surface area contributed by atoms with Crippen LogP contribution in [0.1, 0.15) is 75.3 Å². The zero-order valence-corrected chi connectivity index (χ0v) is 23.7. The molecule has 35 heavy (non-hydrogen) atoms. The van der Waals surface area contributed by atoms with Crippen LogP contribution < -0.4 is 0 Å². The fraction of sp³-hybridized carbons (Fsp3) is 0.515. The van der Waals surface area contributed by atoms with Crippen LogP contribution >= 0.6 is 31.9 Å². The summed E-state index contributed by atoms with van der Waals surface area (Å²) in [5, 5.41) is 0. The first-order valence-corrected chi connectivity index (χ1v) is 15.6. The van der Waals surface area contributed by atoms with Gasteiger partial charge < -0.3 is 0 Å². The average Bonchev–Trinajstić information content (AvgIpc) is 3.67. The predicted molar refractivity (Wildman–Crippen MR) is 153 cm³/mol. The molecule has 2 aromatic rings. The van der Waals surface area contributed by atoms with Gasteiger partial charge in [-0.1, -0.05) is 81.1 Å². The largest absolute Gasteiger partial charge is 0.0851 e. The number of fused-ring (bicyclic) bond motifs is 7. The van der Waals surface area contributed by atoms with E-state index in [4.69, 9.17) is 0 Å². The number of benzene rings is 2. The maximum Gasteiger partial charge on any atom is 0.0216 e. The van der Waals surface area contributed by atoms with Crippen LogP contribution in [-0.2, 0) is 5.41 Å². The summed E-state index contributed by atoms with van der Waals surface area (Å²) < 4.78 is 2.45. The molecule has 0 aromatic heterocycles. The lowest BCUT2D eigenvalue weighted by Gasteiger charge is -2.34. The van der Waals surface area contributed by atoms with Gasteiger partial charge in [0.25, 0.3) is 0 Å². The van der Waals surface area contributed by atoms with E-state index in [1.165, 1.54) is 84.3 Å². The maximum absolute atomic E-state index is 3.84. The Bertz CT molecular complexity index is 1100. The normalized spacial score (nSPS) is 32.5. The SMILES string of the molecule is Brc1ccc2c(c1)C(CCCC1CC3C=CC1C3)(CCCC1CC3C=C[C@@H]1C3)c1cc(Br)ccc1-2. The zero-order valence-electron chi connectivity index (χ0n) is 20.6. The zero-order chi connectivity index (χ0) is 23.6. The molecule has 6 atom stereocenters. The highest BCUT2D eigenvalue weighted by Gasteiger charge is 2.44. The molecule has 0 nitrogen and oxygen atoms in total. The van der Waals surface area contributed by atoms with E-state index >= 15 is 0 Å². The van der Waals surface area contributed by atoms with E-state index in [9.17, 15) is 0 Å². The van der Waals surface area contributed by atoms with Gasteiger partial charge in [-0.05, 0) is 133 Å². The summed E-state index contributed by atoms with van der Waals surface area (Å²) in [6.45, 7) is 0. The van der Waals surface area contributed by atoms with Gasteiger partial charge in [-0.15, -0.1) is 0 Å². The van der Waals surface area contributed by atoms with Gasteiger partial charge in [0, 0.05) is 14.4 Å². The second-order valence-electron chi connectivity index (χ2n) is 12.3. The van der Waals surface area contributed by atoms with Crippen LogP contribution in [-0.4, -0.2) is 0 Å². The second kappa shape index (κ2) is 9.02. The standard InChI is InChI=1S/C33H36Br2/c34-27-9-11-29-30-12-10-28(35)20-32(30)33(31(29)19-27,13-1-3-23-15-21-5-7-25(23)17-21)14-2-4-24-16-22-6-8-26(24)18-22/h5-12,19-26H,1-4,13-18H2/t21?,22?,23?,24?,25-,26?/m1/s1. The minimum absolute atomic E-state index is 0.152. The van der Waals surface area contributed by atoms with E-state index < -0.39 is 0 Å². The van der Waals surface area contributed by atoms with Crippen LogP contribution in [0, 0.1) is 35.5 Å². The van der Waals surface area contributed by atoms with Gasteiger partial charge in [0.05, 0.1) is 0 Å². The lowest BCUT2D eigenvalue weighted by Crippen LogP contribution is -2.26. The Morgan fingerprint density at radius 3 is 1.51 bits per heavy atom. The smallest absolute Gasteiger partial charge is 0.0216 e. The molecule has 5 aliphatic carbocycles. The predicted octanol–water partition coefficient (Wildman–Crippen LogP) is 10.2. The molecule has 2 heteroatoms. The van der Waals surface area contributed by atoms with Crippen molar-refractivity contribution in [3.8, 4) is 11.1 Å². The number of rotatable bonds is 8. The minimum atomic E-state index is 0.152. The Balaban J connectivity index is 1.18. The number of hydrogen-bond donors (Lipinski definition) is 0. The summed E-state index contributed by atoms with van der Waals surface area (Å²) in [5.41, 5.74) is 6.27. The first-order chi connectivity index (χ1) is 17.1. The molecule has 5 aliphatic rings. The van der Waals surface area contributed by atoms with Gasteiger partial charge in [0.1, 0.15) is 0 Å². The van der Waals surface area contributed by atoms with Gasteiger partial charge in [-0.3, -0.25) is 0 Å². The molecule has 2 aromatic carbocycles. The fourth-order valence-corrected chi connectivity index (χ4v) is 9.61. The molecule has 4 bridgehead atoms. The minimum Gasteiger partial charge on any atom is -0.0851 e. The summed E-state index contributed by atoms with van der Waals surface area (Å²) in [7, 11) is 0. The maximum atomic E-state index is 3.84. The Hall–Kier alpha value is -1.12. The Morgan fingerprint density at radius 1 is 0.629 bits per heavy atom. The quantitative estimate of drug-likeness (QED) is 0.268. The summed E-state index contributed by atoms with van der Waals surface area (Å²) in [6.07, 6.45) is 23.9. The van der Waals surface area contributed by atoms with E-state index in [-0.39, 0.29) is 5.41 Å². The molecule has 0 N–H and O–H groups in total.